The molecule has 0 fully saturated rings. The van der Waals surface area contributed by atoms with Crippen molar-refractivity contribution < 1.29 is 22.3 Å². The summed E-state index contributed by atoms with van der Waals surface area (Å²) in [5.41, 5.74) is 0.741. The summed E-state index contributed by atoms with van der Waals surface area (Å²) in [6.07, 6.45) is -4.35. The van der Waals surface area contributed by atoms with Crippen molar-refractivity contribution in [2.45, 2.75) is 32.5 Å². The minimum Gasteiger partial charge on any atom is -0.489 e. The lowest BCUT2D eigenvalue weighted by Crippen LogP contribution is -2.05. The van der Waals surface area contributed by atoms with Crippen LogP contribution in [0.25, 0.3) is 0 Å². The van der Waals surface area contributed by atoms with Gasteiger partial charge in [-0.3, -0.25) is 0 Å². The Bertz CT molecular complexity index is 630. The summed E-state index contributed by atoms with van der Waals surface area (Å²) >= 11 is 0. The molecule has 0 spiro atoms. The molecule has 0 aliphatic carbocycles. The second-order valence-corrected chi connectivity index (χ2v) is 5.32. The normalized spacial score (nSPS) is 11.8. The van der Waals surface area contributed by atoms with Crippen LogP contribution in [0.3, 0.4) is 0 Å². The lowest BCUT2D eigenvalue weighted by Gasteiger charge is -2.14. The van der Waals surface area contributed by atoms with Crippen LogP contribution in [0.1, 0.15) is 36.5 Å². The Hall–Kier alpha value is -2.04. The van der Waals surface area contributed by atoms with Crippen LogP contribution in [0, 0.1) is 5.82 Å². The molecule has 0 aromatic heterocycles. The summed E-state index contributed by atoms with van der Waals surface area (Å²) in [5.74, 6) is 0.157. The summed E-state index contributed by atoms with van der Waals surface area (Å²) in [5, 5.41) is 0. The van der Waals surface area contributed by atoms with Gasteiger partial charge in [0.1, 0.15) is 18.2 Å². The predicted molar refractivity (Wildman–Crippen MR) is 76.3 cm³/mol. The summed E-state index contributed by atoms with van der Waals surface area (Å²) < 4.78 is 56.3. The molecule has 0 heterocycles. The third-order valence-corrected chi connectivity index (χ3v) is 3.27. The highest BCUT2D eigenvalue weighted by atomic mass is 19.4. The average molecular weight is 312 g/mol. The van der Waals surface area contributed by atoms with Crippen molar-refractivity contribution >= 4 is 0 Å². The van der Waals surface area contributed by atoms with E-state index in [2.05, 4.69) is 0 Å². The molecule has 0 saturated heterocycles. The number of rotatable bonds is 4. The van der Waals surface area contributed by atoms with E-state index < -0.39 is 17.6 Å². The fourth-order valence-corrected chi connectivity index (χ4v) is 2.06. The topological polar surface area (TPSA) is 9.23 Å². The van der Waals surface area contributed by atoms with Crippen LogP contribution in [0.4, 0.5) is 17.6 Å². The Labute approximate surface area is 126 Å². The number of ether oxygens (including phenoxy) is 1. The smallest absolute Gasteiger partial charge is 0.416 e. The third kappa shape index (κ3) is 4.00. The van der Waals surface area contributed by atoms with E-state index in [9.17, 15) is 17.6 Å². The van der Waals surface area contributed by atoms with Gasteiger partial charge in [0, 0.05) is 6.07 Å². The summed E-state index contributed by atoms with van der Waals surface area (Å²) in [7, 11) is 0. The van der Waals surface area contributed by atoms with Crippen LogP contribution in [0.15, 0.2) is 42.5 Å². The Balaban J connectivity index is 2.12. The van der Waals surface area contributed by atoms with Crippen molar-refractivity contribution in [3.05, 3.63) is 65.0 Å². The number of alkyl halides is 3. The molecule has 0 unspecified atom stereocenters. The van der Waals surface area contributed by atoms with Gasteiger partial charge in [0.2, 0.25) is 0 Å². The molecule has 118 valence electrons. The highest BCUT2D eigenvalue weighted by Crippen LogP contribution is 2.30. The van der Waals surface area contributed by atoms with Gasteiger partial charge in [-0.25, -0.2) is 4.39 Å². The molecule has 0 atom stereocenters. The maximum atomic E-state index is 13.3. The molecular formula is C17H16F4O. The number of hydrogen-bond acceptors (Lipinski definition) is 1. The van der Waals surface area contributed by atoms with E-state index in [1.54, 1.807) is 6.07 Å². The zero-order chi connectivity index (χ0) is 16.3. The summed E-state index contributed by atoms with van der Waals surface area (Å²) in [6.45, 7) is 4.00. The summed E-state index contributed by atoms with van der Waals surface area (Å²) in [4.78, 5) is 0. The van der Waals surface area contributed by atoms with Crippen molar-refractivity contribution in [1.29, 1.82) is 0 Å². The van der Waals surface area contributed by atoms with E-state index in [4.69, 9.17) is 4.74 Å². The minimum absolute atomic E-state index is 0.0846. The van der Waals surface area contributed by atoms with Crippen molar-refractivity contribution in [1.82, 2.24) is 0 Å². The van der Waals surface area contributed by atoms with Gasteiger partial charge in [-0.1, -0.05) is 32.0 Å². The SMILES string of the molecule is CC(C)c1ccc(F)cc1OCc1ccc(C(F)(F)F)cc1. The van der Waals surface area contributed by atoms with Gasteiger partial charge in [0.15, 0.2) is 0 Å². The van der Waals surface area contributed by atoms with Crippen LogP contribution in [-0.2, 0) is 12.8 Å². The fraction of sp³-hybridized carbons (Fsp3) is 0.294. The quantitative estimate of drug-likeness (QED) is 0.673. The molecule has 0 N–H and O–H groups in total. The first-order chi connectivity index (χ1) is 10.3. The highest BCUT2D eigenvalue weighted by Gasteiger charge is 2.29. The van der Waals surface area contributed by atoms with E-state index in [1.807, 2.05) is 13.8 Å². The van der Waals surface area contributed by atoms with Crippen LogP contribution < -0.4 is 4.74 Å². The first-order valence-corrected chi connectivity index (χ1v) is 6.86. The molecule has 2 aromatic carbocycles. The molecule has 1 nitrogen and oxygen atoms in total. The Morgan fingerprint density at radius 3 is 2.18 bits per heavy atom. The van der Waals surface area contributed by atoms with Gasteiger partial charge in [-0.2, -0.15) is 13.2 Å². The minimum atomic E-state index is -4.35. The van der Waals surface area contributed by atoms with Crippen molar-refractivity contribution in [2.75, 3.05) is 0 Å². The Morgan fingerprint density at radius 1 is 1.00 bits per heavy atom. The summed E-state index contributed by atoms with van der Waals surface area (Å²) in [6, 6.07) is 9.04. The molecule has 2 aromatic rings. The molecule has 0 amide bonds. The first kappa shape index (κ1) is 16.3. The molecule has 0 aliphatic rings. The number of halogens is 4. The largest absolute Gasteiger partial charge is 0.489 e. The van der Waals surface area contributed by atoms with Gasteiger partial charge in [0.05, 0.1) is 5.56 Å². The van der Waals surface area contributed by atoms with Crippen LogP contribution in [0.2, 0.25) is 0 Å². The monoisotopic (exact) mass is 312 g/mol. The molecular weight excluding hydrogens is 296 g/mol. The lowest BCUT2D eigenvalue weighted by molar-refractivity contribution is -0.137. The second-order valence-electron chi connectivity index (χ2n) is 5.32. The van der Waals surface area contributed by atoms with Gasteiger partial charge >= 0.3 is 6.18 Å². The first-order valence-electron chi connectivity index (χ1n) is 6.86. The third-order valence-electron chi connectivity index (χ3n) is 3.27. The maximum Gasteiger partial charge on any atom is 0.416 e. The molecule has 0 radical (unpaired) electrons. The lowest BCUT2D eigenvalue weighted by atomic mass is 10.0. The fourth-order valence-electron chi connectivity index (χ4n) is 2.06. The number of hydrogen-bond donors (Lipinski definition) is 0. The Morgan fingerprint density at radius 2 is 1.64 bits per heavy atom. The van der Waals surface area contributed by atoms with Crippen LogP contribution in [-0.4, -0.2) is 0 Å². The van der Waals surface area contributed by atoms with Crippen LogP contribution >= 0.6 is 0 Å². The zero-order valence-corrected chi connectivity index (χ0v) is 12.2. The van der Waals surface area contributed by atoms with E-state index >= 15 is 0 Å². The van der Waals surface area contributed by atoms with Gasteiger partial charge in [-0.15, -0.1) is 0 Å². The highest BCUT2D eigenvalue weighted by molar-refractivity contribution is 5.36. The van der Waals surface area contributed by atoms with E-state index in [0.717, 1.165) is 17.7 Å². The van der Waals surface area contributed by atoms with Crippen molar-refractivity contribution in [3.8, 4) is 5.75 Å². The average Bonchev–Trinajstić information content (AvgIpc) is 2.44. The maximum absolute atomic E-state index is 13.3. The zero-order valence-electron chi connectivity index (χ0n) is 12.2. The van der Waals surface area contributed by atoms with E-state index in [-0.39, 0.29) is 12.5 Å². The predicted octanol–water partition coefficient (Wildman–Crippen LogP) is 5.55. The molecule has 22 heavy (non-hydrogen) atoms. The van der Waals surface area contributed by atoms with E-state index in [1.165, 1.54) is 24.3 Å². The molecule has 5 heteroatoms. The molecule has 0 bridgehead atoms. The standard InChI is InChI=1S/C17H16F4O/c1-11(2)15-8-7-14(18)9-16(15)22-10-12-3-5-13(6-4-12)17(19,20)21/h3-9,11H,10H2,1-2H3. The number of benzene rings is 2. The van der Waals surface area contributed by atoms with Crippen molar-refractivity contribution in [3.63, 3.8) is 0 Å². The molecule has 0 saturated carbocycles. The van der Waals surface area contributed by atoms with Gasteiger partial charge in [-0.05, 0) is 35.2 Å². The second kappa shape index (κ2) is 6.38. The Kier molecular flexibility index (Phi) is 4.74. The van der Waals surface area contributed by atoms with Gasteiger partial charge < -0.3 is 4.74 Å². The van der Waals surface area contributed by atoms with E-state index in [0.29, 0.717) is 11.3 Å². The molecule has 0 aliphatic heterocycles. The van der Waals surface area contributed by atoms with Gasteiger partial charge in [0.25, 0.3) is 0 Å². The van der Waals surface area contributed by atoms with Crippen molar-refractivity contribution in [2.24, 2.45) is 0 Å². The van der Waals surface area contributed by atoms with Crippen LogP contribution in [0.5, 0.6) is 5.75 Å². The molecule has 2 rings (SSSR count).